The Hall–Kier alpha value is -5.09. The fourth-order valence-corrected chi connectivity index (χ4v) is 10.6. The molecular weight excluding hydrogens is 589 g/mol. The monoisotopic (exact) mass is 614 g/mol. The van der Waals surface area contributed by atoms with E-state index in [0.717, 1.165) is 28.5 Å². The summed E-state index contributed by atoms with van der Waals surface area (Å²) >= 11 is 0. The molecule has 0 aliphatic carbocycles. The predicted octanol–water partition coefficient (Wildman–Crippen LogP) is 3.93. The van der Waals surface area contributed by atoms with Crippen molar-refractivity contribution in [1.82, 2.24) is 49.5 Å². The molecule has 12 nitrogen and oxygen atoms in total. The summed E-state index contributed by atoms with van der Waals surface area (Å²) in [6.45, 7) is 9.15. The number of aromatic nitrogens is 10. The van der Waals surface area contributed by atoms with Gasteiger partial charge in [0.15, 0.2) is 30.5 Å². The summed E-state index contributed by atoms with van der Waals surface area (Å²) < 4.78 is 16.5. The Morgan fingerprint density at radius 2 is 1.18 bits per heavy atom. The van der Waals surface area contributed by atoms with Gasteiger partial charge in [-0.3, -0.25) is 9.13 Å². The van der Waals surface area contributed by atoms with Gasteiger partial charge in [-0.15, -0.1) is 20.4 Å². The highest BCUT2D eigenvalue weighted by molar-refractivity contribution is 6.89. The molecule has 0 spiro atoms. The number of hydrogen-bond acceptors (Lipinski definition) is 10. The van der Waals surface area contributed by atoms with Gasteiger partial charge in [0, 0.05) is 17.4 Å². The standard InChI is InChI=1S/C30H26N10O2Si2/c1-43(2)13-17-5-7-18(8-6-17)39-15-31-26-24(39)22-28(37-35-26)41-21(33-22)14-44(3,4)30-34-23-25-27(36-38-29(23)42-30)32-16-40(25)19-9-11-20(43)12-10-19/h5-12,15-16H,13-14H2,1-4H3. The smallest absolute Gasteiger partial charge is 0.268 e. The number of nitrogens with zero attached hydrogens (tertiary/aromatic N) is 10. The lowest BCUT2D eigenvalue weighted by Crippen LogP contribution is -2.45. The quantitative estimate of drug-likeness (QED) is 0.231. The van der Waals surface area contributed by atoms with E-state index in [-0.39, 0.29) is 0 Å². The third kappa shape index (κ3) is 3.73. The van der Waals surface area contributed by atoms with E-state index in [0.29, 0.717) is 51.2 Å². The van der Waals surface area contributed by atoms with Crippen molar-refractivity contribution in [3.63, 3.8) is 0 Å². The van der Waals surface area contributed by atoms with Crippen molar-refractivity contribution in [3.05, 3.63) is 72.6 Å². The molecule has 8 bridgehead atoms. The highest BCUT2D eigenvalue weighted by Gasteiger charge is 2.34. The van der Waals surface area contributed by atoms with E-state index in [1.165, 1.54) is 10.8 Å². The topological polar surface area (TPSA) is 139 Å². The average molecular weight is 615 g/mol. The first-order valence-electron chi connectivity index (χ1n) is 14.4. The molecule has 0 amide bonds. The van der Waals surface area contributed by atoms with Gasteiger partial charge in [0.1, 0.15) is 23.7 Å². The number of hydrogen-bond donors (Lipinski definition) is 0. The van der Waals surface area contributed by atoms with Crippen LogP contribution in [0.1, 0.15) is 11.5 Å². The predicted molar refractivity (Wildman–Crippen MR) is 170 cm³/mol. The molecule has 216 valence electrons. The van der Waals surface area contributed by atoms with Crippen molar-refractivity contribution in [2.45, 2.75) is 38.3 Å². The molecular formula is C30H26N10O2Si2. The third-order valence-corrected chi connectivity index (χ3v) is 14.4. The molecule has 0 saturated carbocycles. The first-order valence-corrected chi connectivity index (χ1v) is 20.9. The van der Waals surface area contributed by atoms with Gasteiger partial charge >= 0.3 is 0 Å². The average Bonchev–Trinajstić information content (AvgIpc) is 3.80. The SMILES string of the molecule is C[Si]1(C)Cc2ccc(cc2)-n2cnc3nnc4oc(nc4c32)C[Si](C)(C)c2nc3c(nnc4ncn(c43)-c3ccc1cc3)o2. The molecule has 2 aromatic carbocycles. The lowest BCUT2D eigenvalue weighted by Gasteiger charge is -2.24. The van der Waals surface area contributed by atoms with Crippen LogP contribution in [-0.2, 0) is 12.1 Å². The zero-order valence-electron chi connectivity index (χ0n) is 24.5. The zero-order chi connectivity index (χ0) is 29.8. The van der Waals surface area contributed by atoms with Gasteiger partial charge in [-0.05, 0) is 30.3 Å². The minimum atomic E-state index is -2.38. The minimum Gasteiger partial charge on any atom is -0.426 e. The molecule has 0 fully saturated rings. The molecule has 3 aliphatic heterocycles. The Morgan fingerprint density at radius 1 is 0.614 bits per heavy atom. The second-order valence-electron chi connectivity index (χ2n) is 12.7. The Bertz CT molecular complexity index is 2400. The zero-order valence-corrected chi connectivity index (χ0v) is 26.5. The second-order valence-corrected chi connectivity index (χ2v) is 22.0. The Labute approximate surface area is 251 Å². The van der Waals surface area contributed by atoms with Crippen LogP contribution in [0.25, 0.3) is 56.2 Å². The maximum absolute atomic E-state index is 6.28. The molecule has 9 heterocycles. The highest BCUT2D eigenvalue weighted by Crippen LogP contribution is 2.28. The first kappa shape index (κ1) is 25.4. The maximum Gasteiger partial charge on any atom is 0.268 e. The van der Waals surface area contributed by atoms with Crippen LogP contribution >= 0.6 is 0 Å². The van der Waals surface area contributed by atoms with Crippen LogP contribution in [-0.4, -0.2) is 65.6 Å². The molecule has 6 aromatic heterocycles. The molecule has 0 unspecified atom stereocenters. The number of imidazole rings is 2. The molecule has 11 rings (SSSR count). The van der Waals surface area contributed by atoms with Crippen LogP contribution in [0.4, 0.5) is 0 Å². The van der Waals surface area contributed by atoms with E-state index < -0.39 is 16.1 Å². The molecule has 0 radical (unpaired) electrons. The largest absolute Gasteiger partial charge is 0.426 e. The lowest BCUT2D eigenvalue weighted by molar-refractivity contribution is 0.537. The fraction of sp³-hybridized carbons (Fsp3) is 0.200. The molecule has 0 saturated heterocycles. The van der Waals surface area contributed by atoms with Crippen LogP contribution in [0.2, 0.25) is 26.2 Å². The Kier molecular flexibility index (Phi) is 5.04. The van der Waals surface area contributed by atoms with Gasteiger partial charge in [-0.2, -0.15) is 0 Å². The van der Waals surface area contributed by atoms with Gasteiger partial charge in [0.05, 0.1) is 8.07 Å². The fourth-order valence-electron chi connectivity index (χ4n) is 6.23. The first-order chi connectivity index (χ1) is 21.2. The number of rotatable bonds is 0. The molecule has 0 atom stereocenters. The molecule has 14 heteroatoms. The van der Waals surface area contributed by atoms with E-state index >= 15 is 0 Å². The summed E-state index contributed by atoms with van der Waals surface area (Å²) in [6.07, 6.45) is 3.54. The van der Waals surface area contributed by atoms with E-state index in [9.17, 15) is 0 Å². The second kappa shape index (κ2) is 8.73. The normalized spacial score (nSPS) is 15.9. The van der Waals surface area contributed by atoms with Crippen LogP contribution in [0.3, 0.4) is 0 Å². The van der Waals surface area contributed by atoms with Crippen molar-refractivity contribution < 1.29 is 8.83 Å². The van der Waals surface area contributed by atoms with Crippen molar-refractivity contribution in [2.24, 2.45) is 0 Å². The van der Waals surface area contributed by atoms with Crippen molar-refractivity contribution in [1.29, 1.82) is 0 Å². The van der Waals surface area contributed by atoms with E-state index in [1.54, 1.807) is 12.7 Å². The lowest BCUT2D eigenvalue weighted by atomic mass is 10.2. The van der Waals surface area contributed by atoms with Crippen molar-refractivity contribution in [3.8, 4) is 11.4 Å². The van der Waals surface area contributed by atoms with Crippen molar-refractivity contribution in [2.75, 3.05) is 0 Å². The molecule has 0 N–H and O–H groups in total. The number of benzene rings is 2. The number of oxazole rings is 2. The van der Waals surface area contributed by atoms with E-state index in [4.69, 9.17) is 18.8 Å². The van der Waals surface area contributed by atoms with Gasteiger partial charge in [-0.25, -0.2) is 19.9 Å². The Morgan fingerprint density at radius 3 is 1.82 bits per heavy atom. The van der Waals surface area contributed by atoms with Gasteiger partial charge in [-0.1, -0.05) is 61.2 Å². The maximum atomic E-state index is 6.28. The van der Waals surface area contributed by atoms with Crippen LogP contribution in [0.5, 0.6) is 0 Å². The summed E-state index contributed by atoms with van der Waals surface area (Å²) in [5.74, 6) is 0.555. The summed E-state index contributed by atoms with van der Waals surface area (Å²) in [6, 6.07) is 19.0. The van der Waals surface area contributed by atoms with Crippen LogP contribution in [0, 0.1) is 0 Å². The highest BCUT2D eigenvalue weighted by atomic mass is 28.3. The van der Waals surface area contributed by atoms with Gasteiger partial charge in [0.25, 0.3) is 11.4 Å². The minimum absolute atomic E-state index is 0.375. The van der Waals surface area contributed by atoms with E-state index in [2.05, 4.69) is 105 Å². The summed E-state index contributed by atoms with van der Waals surface area (Å²) in [7, 11) is -4.20. The van der Waals surface area contributed by atoms with Crippen LogP contribution in [0.15, 0.2) is 70.0 Å². The Balaban J connectivity index is 1.28. The molecule has 3 aliphatic rings. The number of fused-ring (bicyclic) bond motifs is 2. The van der Waals surface area contributed by atoms with E-state index in [1.807, 2.05) is 9.13 Å². The van der Waals surface area contributed by atoms with Crippen LogP contribution < -0.4 is 10.7 Å². The third-order valence-electron chi connectivity index (χ3n) is 8.64. The molecule has 44 heavy (non-hydrogen) atoms. The summed E-state index contributed by atoms with van der Waals surface area (Å²) in [4.78, 5) is 19.0. The van der Waals surface area contributed by atoms with Gasteiger partial charge < -0.3 is 8.83 Å². The summed E-state index contributed by atoms with van der Waals surface area (Å²) in [5, 5.41) is 18.7. The van der Waals surface area contributed by atoms with Gasteiger partial charge in [0.2, 0.25) is 11.3 Å². The summed E-state index contributed by atoms with van der Waals surface area (Å²) in [5.41, 5.74) is 8.50. The van der Waals surface area contributed by atoms with Crippen molar-refractivity contribution >= 4 is 71.6 Å². The molecule has 8 aromatic rings.